The number of carbonyl (C=O) groups is 1. The number of nitrogens with zero attached hydrogens (tertiary/aromatic N) is 3. The van der Waals surface area contributed by atoms with Crippen molar-refractivity contribution < 1.29 is 18.3 Å². The van der Waals surface area contributed by atoms with Crippen LogP contribution in [0, 0.1) is 6.92 Å². The van der Waals surface area contributed by atoms with Crippen molar-refractivity contribution in [2.75, 3.05) is 5.32 Å². The van der Waals surface area contributed by atoms with Gasteiger partial charge in [0.25, 0.3) is 5.91 Å². The van der Waals surface area contributed by atoms with E-state index in [1.54, 1.807) is 23.0 Å². The minimum Gasteiger partial charge on any atom is -0.435 e. The largest absolute Gasteiger partial charge is 0.435 e. The molecule has 1 amide bonds. The minimum absolute atomic E-state index is 0.0735. The number of para-hydroxylation sites is 1. The number of nitrogens with one attached hydrogen (secondary N) is 1. The molecular formula is C21H16F2N4O2S. The standard InChI is InChI=1S/C21H16F2N4O2S/c1-13-18(14-7-9-16(10-8-14)29-20(22)23)25-21(30-13)26-19(28)17-11-24-12-27(17)15-5-3-2-4-6-15/h2-12,20H,1H3,(H,25,26,28). The third-order valence-corrected chi connectivity index (χ3v) is 5.16. The van der Waals surface area contributed by atoms with Crippen LogP contribution in [0.15, 0.2) is 67.1 Å². The smallest absolute Gasteiger partial charge is 0.387 e. The van der Waals surface area contributed by atoms with Gasteiger partial charge in [-0.3, -0.25) is 14.7 Å². The van der Waals surface area contributed by atoms with Gasteiger partial charge in [-0.15, -0.1) is 11.3 Å². The molecule has 6 nitrogen and oxygen atoms in total. The molecule has 9 heteroatoms. The van der Waals surface area contributed by atoms with E-state index in [9.17, 15) is 13.6 Å². The molecule has 4 rings (SSSR count). The molecule has 0 aliphatic rings. The number of hydrogen-bond acceptors (Lipinski definition) is 5. The van der Waals surface area contributed by atoms with E-state index in [-0.39, 0.29) is 11.7 Å². The van der Waals surface area contributed by atoms with Crippen molar-refractivity contribution >= 4 is 22.4 Å². The van der Waals surface area contributed by atoms with Gasteiger partial charge in [-0.25, -0.2) is 9.97 Å². The molecule has 2 aromatic carbocycles. The molecule has 0 radical (unpaired) electrons. The van der Waals surface area contributed by atoms with Gasteiger partial charge in [-0.2, -0.15) is 8.78 Å². The van der Waals surface area contributed by atoms with Crippen molar-refractivity contribution in [3.63, 3.8) is 0 Å². The van der Waals surface area contributed by atoms with Crippen LogP contribution in [0.5, 0.6) is 5.75 Å². The normalized spacial score (nSPS) is 10.9. The van der Waals surface area contributed by atoms with Gasteiger partial charge in [0.2, 0.25) is 0 Å². The number of anilines is 1. The second-order valence-corrected chi connectivity index (χ2v) is 7.47. The van der Waals surface area contributed by atoms with Gasteiger partial charge in [0.05, 0.1) is 18.2 Å². The molecule has 2 aromatic heterocycles. The summed E-state index contributed by atoms with van der Waals surface area (Å²) in [6.07, 6.45) is 3.07. The fourth-order valence-corrected chi connectivity index (χ4v) is 3.76. The molecule has 0 atom stereocenters. The molecule has 0 aliphatic carbocycles. The molecule has 0 saturated carbocycles. The molecule has 1 N–H and O–H groups in total. The van der Waals surface area contributed by atoms with Crippen LogP contribution in [-0.4, -0.2) is 27.1 Å². The first kappa shape index (κ1) is 19.7. The maximum atomic E-state index is 12.8. The number of ether oxygens (including phenoxy) is 1. The zero-order valence-corrected chi connectivity index (χ0v) is 16.6. The summed E-state index contributed by atoms with van der Waals surface area (Å²) in [6.45, 7) is -0.997. The maximum absolute atomic E-state index is 12.8. The fraction of sp³-hybridized carbons (Fsp3) is 0.0952. The number of aryl methyl sites for hydroxylation is 1. The number of imidazole rings is 1. The summed E-state index contributed by atoms with van der Waals surface area (Å²) in [5.41, 5.74) is 2.60. The number of hydrogen-bond donors (Lipinski definition) is 1. The Morgan fingerprint density at radius 2 is 1.87 bits per heavy atom. The van der Waals surface area contributed by atoms with Gasteiger partial charge >= 0.3 is 6.61 Å². The quantitative estimate of drug-likeness (QED) is 0.463. The van der Waals surface area contributed by atoms with Crippen molar-refractivity contribution in [1.29, 1.82) is 0 Å². The van der Waals surface area contributed by atoms with E-state index in [0.717, 1.165) is 16.1 Å². The molecule has 4 aromatic rings. The van der Waals surface area contributed by atoms with Crippen molar-refractivity contribution in [3.8, 4) is 22.7 Å². The summed E-state index contributed by atoms with van der Waals surface area (Å²) in [4.78, 5) is 22.2. The Kier molecular flexibility index (Phi) is 5.53. The monoisotopic (exact) mass is 426 g/mol. The molecule has 30 heavy (non-hydrogen) atoms. The van der Waals surface area contributed by atoms with E-state index in [4.69, 9.17) is 0 Å². The number of rotatable bonds is 6. The molecule has 0 unspecified atom stereocenters. The van der Waals surface area contributed by atoms with Gasteiger partial charge in [-0.1, -0.05) is 18.2 Å². The zero-order valence-electron chi connectivity index (χ0n) is 15.8. The Balaban J connectivity index is 1.53. The topological polar surface area (TPSA) is 69.0 Å². The number of thiazole rings is 1. The first-order valence-corrected chi connectivity index (χ1v) is 9.74. The predicted octanol–water partition coefficient (Wildman–Crippen LogP) is 5.16. The third kappa shape index (κ3) is 4.20. The molecule has 0 aliphatic heterocycles. The predicted molar refractivity (Wildman–Crippen MR) is 110 cm³/mol. The Bertz CT molecular complexity index is 1160. The minimum atomic E-state index is -2.87. The van der Waals surface area contributed by atoms with E-state index >= 15 is 0 Å². The summed E-state index contributed by atoms with van der Waals surface area (Å²) in [6, 6.07) is 15.6. The van der Waals surface area contributed by atoms with Crippen LogP contribution in [0.3, 0.4) is 0 Å². The average molecular weight is 426 g/mol. The third-order valence-electron chi connectivity index (χ3n) is 4.28. The second-order valence-electron chi connectivity index (χ2n) is 6.27. The summed E-state index contributed by atoms with van der Waals surface area (Å²) < 4.78 is 30.7. The molecule has 0 saturated heterocycles. The molecule has 0 spiro atoms. The number of benzene rings is 2. The average Bonchev–Trinajstić information content (AvgIpc) is 3.36. The lowest BCUT2D eigenvalue weighted by atomic mass is 10.1. The fourth-order valence-electron chi connectivity index (χ4n) is 2.93. The Morgan fingerprint density at radius 3 is 2.57 bits per heavy atom. The number of aromatic nitrogens is 3. The molecule has 0 bridgehead atoms. The Hall–Kier alpha value is -3.59. The lowest BCUT2D eigenvalue weighted by Crippen LogP contribution is -2.15. The van der Waals surface area contributed by atoms with Crippen LogP contribution in [0.2, 0.25) is 0 Å². The highest BCUT2D eigenvalue weighted by Crippen LogP contribution is 2.31. The van der Waals surface area contributed by atoms with E-state index in [1.165, 1.54) is 29.7 Å². The van der Waals surface area contributed by atoms with Gasteiger partial charge in [0.1, 0.15) is 11.4 Å². The SMILES string of the molecule is Cc1sc(NC(=O)c2cncn2-c2ccccc2)nc1-c1ccc(OC(F)F)cc1. The van der Waals surface area contributed by atoms with Gasteiger partial charge in [-0.05, 0) is 43.3 Å². The molecule has 0 fully saturated rings. The summed E-state index contributed by atoms with van der Waals surface area (Å²) in [5.74, 6) is -0.262. The van der Waals surface area contributed by atoms with Crippen LogP contribution >= 0.6 is 11.3 Å². The van der Waals surface area contributed by atoms with Crippen molar-refractivity contribution in [2.24, 2.45) is 0 Å². The highest BCUT2D eigenvalue weighted by molar-refractivity contribution is 7.16. The van der Waals surface area contributed by atoms with Crippen molar-refractivity contribution in [1.82, 2.24) is 14.5 Å². The molecular weight excluding hydrogens is 410 g/mol. The summed E-state index contributed by atoms with van der Waals surface area (Å²) >= 11 is 1.33. The van der Waals surface area contributed by atoms with E-state index in [0.29, 0.717) is 16.5 Å². The van der Waals surface area contributed by atoms with E-state index in [2.05, 4.69) is 20.0 Å². The lowest BCUT2D eigenvalue weighted by Gasteiger charge is -2.07. The number of alkyl halides is 2. The van der Waals surface area contributed by atoms with Crippen LogP contribution in [0.1, 0.15) is 15.4 Å². The summed E-state index contributed by atoms with van der Waals surface area (Å²) in [7, 11) is 0. The number of carbonyl (C=O) groups excluding carboxylic acids is 1. The molecule has 152 valence electrons. The van der Waals surface area contributed by atoms with E-state index < -0.39 is 6.61 Å². The zero-order chi connectivity index (χ0) is 21.1. The van der Waals surface area contributed by atoms with Crippen molar-refractivity contribution in [2.45, 2.75) is 13.5 Å². The lowest BCUT2D eigenvalue weighted by molar-refractivity contribution is -0.0498. The number of amides is 1. The molecule has 2 heterocycles. The van der Waals surface area contributed by atoms with Gasteiger partial charge < -0.3 is 4.74 Å². The Labute approximate surface area is 174 Å². The van der Waals surface area contributed by atoms with Crippen molar-refractivity contribution in [3.05, 3.63) is 77.7 Å². The maximum Gasteiger partial charge on any atom is 0.387 e. The highest BCUT2D eigenvalue weighted by Gasteiger charge is 2.17. The van der Waals surface area contributed by atoms with Crippen LogP contribution in [0.4, 0.5) is 13.9 Å². The first-order chi connectivity index (χ1) is 14.5. The number of halogens is 2. The van der Waals surface area contributed by atoms with Gasteiger partial charge in [0.15, 0.2) is 5.13 Å². The highest BCUT2D eigenvalue weighted by atomic mass is 32.1. The van der Waals surface area contributed by atoms with E-state index in [1.807, 2.05) is 37.3 Å². The van der Waals surface area contributed by atoms with Crippen LogP contribution < -0.4 is 10.1 Å². The van der Waals surface area contributed by atoms with Gasteiger partial charge in [0, 0.05) is 16.1 Å². The summed E-state index contributed by atoms with van der Waals surface area (Å²) in [5, 5.41) is 3.24. The second kappa shape index (κ2) is 8.42. The van der Waals surface area contributed by atoms with Crippen LogP contribution in [-0.2, 0) is 0 Å². The van der Waals surface area contributed by atoms with Crippen LogP contribution in [0.25, 0.3) is 16.9 Å². The first-order valence-electron chi connectivity index (χ1n) is 8.93. The Morgan fingerprint density at radius 1 is 1.13 bits per heavy atom.